The molecule has 24 heavy (non-hydrogen) atoms. The largest absolute Gasteiger partial charge is 3.00 e. The van der Waals surface area contributed by atoms with Gasteiger partial charge in [0.25, 0.3) is 0 Å². The molecule has 2 unspecified atom stereocenters. The van der Waals surface area contributed by atoms with E-state index in [2.05, 4.69) is 37.6 Å². The standard InChI is InChI=1S/C10H21NO.C9H11.2ClH.Zr/c1-2-3-4-5-6-7-8-9-10(11)12;1-2-5-9-7-3-6-8(9)4-1;;;/h2-9H2,1H3,(H2,11,12);1-2,4-6,8-9H,3,7H2;2*1H;/q;-1;;;+3/p-2. The molecule has 2 nitrogen and oxygen atoms in total. The van der Waals surface area contributed by atoms with Gasteiger partial charge in [0.1, 0.15) is 0 Å². The number of hydrogen-bond acceptors (Lipinski definition) is 1. The summed E-state index contributed by atoms with van der Waals surface area (Å²) >= 11 is 0. The topological polar surface area (TPSA) is 43.1 Å². The quantitative estimate of drug-likeness (QED) is 0.371. The third-order valence-electron chi connectivity index (χ3n) is 4.26. The van der Waals surface area contributed by atoms with E-state index in [1.165, 1.54) is 44.9 Å². The van der Waals surface area contributed by atoms with Crippen LogP contribution < -0.4 is 30.5 Å². The molecule has 5 heteroatoms. The summed E-state index contributed by atoms with van der Waals surface area (Å²) in [6, 6.07) is 0. The van der Waals surface area contributed by atoms with Crippen molar-refractivity contribution in [1.29, 1.82) is 0 Å². The smallest absolute Gasteiger partial charge is 1.00 e. The fourth-order valence-corrected chi connectivity index (χ4v) is 2.95. The molecule has 2 aliphatic carbocycles. The van der Waals surface area contributed by atoms with Gasteiger partial charge in [-0.15, -0.1) is 12.0 Å². The second kappa shape index (κ2) is 19.7. The van der Waals surface area contributed by atoms with Crippen molar-refractivity contribution in [2.75, 3.05) is 0 Å². The minimum absolute atomic E-state index is 0. The van der Waals surface area contributed by atoms with E-state index in [4.69, 9.17) is 5.73 Å². The van der Waals surface area contributed by atoms with Gasteiger partial charge in [0.2, 0.25) is 5.91 Å². The average molecular weight is 453 g/mol. The monoisotopic (exact) mass is 450 g/mol. The van der Waals surface area contributed by atoms with Crippen LogP contribution >= 0.6 is 0 Å². The molecule has 2 atom stereocenters. The van der Waals surface area contributed by atoms with Crippen LogP contribution in [0.25, 0.3) is 0 Å². The van der Waals surface area contributed by atoms with Crippen molar-refractivity contribution in [3.8, 4) is 0 Å². The first kappa shape index (κ1) is 29.2. The van der Waals surface area contributed by atoms with E-state index in [0.717, 1.165) is 24.7 Å². The summed E-state index contributed by atoms with van der Waals surface area (Å²) < 4.78 is 0. The molecule has 1 radical (unpaired) electrons. The number of carbonyl (C=O) groups excluding carboxylic acids is 1. The van der Waals surface area contributed by atoms with Gasteiger partial charge in [0.15, 0.2) is 0 Å². The third-order valence-corrected chi connectivity index (χ3v) is 4.26. The zero-order valence-electron chi connectivity index (χ0n) is 14.9. The number of carbonyl (C=O) groups is 1. The normalized spacial score (nSPS) is 19.7. The number of halogens is 2. The number of amides is 1. The summed E-state index contributed by atoms with van der Waals surface area (Å²) in [5.41, 5.74) is 5.02. The van der Waals surface area contributed by atoms with Gasteiger partial charge < -0.3 is 37.0 Å². The maximum Gasteiger partial charge on any atom is 3.00 e. The first-order valence-electron chi connectivity index (χ1n) is 8.70. The second-order valence-electron chi connectivity index (χ2n) is 6.16. The van der Waals surface area contributed by atoms with Gasteiger partial charge in [-0.05, 0) is 12.3 Å². The van der Waals surface area contributed by atoms with E-state index >= 15 is 0 Å². The summed E-state index contributed by atoms with van der Waals surface area (Å²) in [6.07, 6.45) is 23.3. The first-order chi connectivity index (χ1) is 10.2. The molecule has 0 heterocycles. The van der Waals surface area contributed by atoms with Crippen LogP contribution in [0.15, 0.2) is 24.3 Å². The van der Waals surface area contributed by atoms with Gasteiger partial charge in [-0.3, -0.25) is 4.79 Å². The maximum absolute atomic E-state index is 10.4. The van der Waals surface area contributed by atoms with Crippen molar-refractivity contribution in [2.45, 2.75) is 71.1 Å². The summed E-state index contributed by atoms with van der Waals surface area (Å²) in [4.78, 5) is 10.4. The first-order valence-corrected chi connectivity index (χ1v) is 8.70. The molecule has 0 saturated heterocycles. The zero-order chi connectivity index (χ0) is 15.3. The number of allylic oxidation sites excluding steroid dienone is 4. The predicted octanol–water partition coefficient (Wildman–Crippen LogP) is -1.04. The molecule has 0 aromatic carbocycles. The van der Waals surface area contributed by atoms with Crippen LogP contribution in [0.1, 0.15) is 71.1 Å². The van der Waals surface area contributed by atoms with Crippen LogP contribution in [0.2, 0.25) is 0 Å². The van der Waals surface area contributed by atoms with Crippen LogP contribution in [-0.2, 0) is 31.0 Å². The molecule has 2 rings (SSSR count). The van der Waals surface area contributed by atoms with Crippen molar-refractivity contribution in [3.63, 3.8) is 0 Å². The van der Waals surface area contributed by atoms with E-state index in [0.29, 0.717) is 6.42 Å². The summed E-state index contributed by atoms with van der Waals surface area (Å²) in [5, 5.41) is 0. The van der Waals surface area contributed by atoms with Crippen molar-refractivity contribution in [2.24, 2.45) is 17.6 Å². The zero-order valence-corrected chi connectivity index (χ0v) is 18.8. The molecule has 0 aromatic heterocycles. The van der Waals surface area contributed by atoms with Crippen LogP contribution in [-0.4, -0.2) is 5.91 Å². The number of fused-ring (bicyclic) bond motifs is 1. The Labute approximate surface area is 180 Å². The van der Waals surface area contributed by atoms with E-state index in [1.54, 1.807) is 0 Å². The van der Waals surface area contributed by atoms with Crippen LogP contribution in [0.3, 0.4) is 0 Å². The van der Waals surface area contributed by atoms with Gasteiger partial charge in [-0.25, -0.2) is 0 Å². The average Bonchev–Trinajstić information content (AvgIpc) is 2.95. The molecule has 0 aliphatic heterocycles. The number of nitrogens with two attached hydrogens (primary N) is 1. The Balaban J connectivity index is -0.000000332. The maximum atomic E-state index is 10.4. The van der Waals surface area contributed by atoms with Gasteiger partial charge >= 0.3 is 26.2 Å². The minimum atomic E-state index is -0.163. The Hall–Kier alpha value is 0.413. The number of hydrogen-bond donors (Lipinski definition) is 1. The number of rotatable bonds is 8. The van der Waals surface area contributed by atoms with Gasteiger partial charge in [-0.2, -0.15) is 6.42 Å². The minimum Gasteiger partial charge on any atom is -1.00 e. The molecular weight excluding hydrogens is 420 g/mol. The number of primary amides is 1. The SMILES string of the molecule is C1=CC2[CH-]CCC2C=C1.CCCCCCCCCC(N)=O.[Cl-].[Cl-].[Zr+3]. The molecule has 0 bridgehead atoms. The van der Waals surface area contributed by atoms with E-state index < -0.39 is 0 Å². The van der Waals surface area contributed by atoms with Gasteiger partial charge in [0.05, 0.1) is 0 Å². The molecule has 2 N–H and O–H groups in total. The summed E-state index contributed by atoms with van der Waals surface area (Å²) in [5.74, 6) is 1.45. The molecule has 1 amide bonds. The van der Waals surface area contributed by atoms with Gasteiger partial charge in [0, 0.05) is 6.42 Å². The Bertz CT molecular complexity index is 330. The molecule has 1 fully saturated rings. The van der Waals surface area contributed by atoms with E-state index in [1.807, 2.05) is 0 Å². The Kier molecular flexibility index (Phi) is 24.0. The van der Waals surface area contributed by atoms with Crippen LogP contribution in [0.4, 0.5) is 0 Å². The fourth-order valence-electron chi connectivity index (χ4n) is 2.95. The van der Waals surface area contributed by atoms with E-state index in [9.17, 15) is 4.79 Å². The molecule has 0 aromatic rings. The summed E-state index contributed by atoms with van der Waals surface area (Å²) in [7, 11) is 0. The van der Waals surface area contributed by atoms with Crippen LogP contribution in [0.5, 0.6) is 0 Å². The van der Waals surface area contributed by atoms with Crippen molar-refractivity contribution in [1.82, 2.24) is 0 Å². The van der Waals surface area contributed by atoms with Gasteiger partial charge in [-0.1, -0.05) is 70.1 Å². The fraction of sp³-hybridized carbons (Fsp3) is 0.684. The Morgan fingerprint density at radius 1 is 1.04 bits per heavy atom. The Morgan fingerprint density at radius 2 is 1.62 bits per heavy atom. The molecular formula is C19H32Cl2NOZr. The molecule has 137 valence electrons. The molecule has 1 saturated carbocycles. The van der Waals surface area contributed by atoms with Crippen molar-refractivity contribution in [3.05, 3.63) is 30.7 Å². The van der Waals surface area contributed by atoms with Crippen LogP contribution in [0, 0.1) is 18.3 Å². The molecule has 2 aliphatic rings. The van der Waals surface area contributed by atoms with Crippen molar-refractivity contribution >= 4 is 5.91 Å². The van der Waals surface area contributed by atoms with Crippen molar-refractivity contribution < 1.29 is 55.8 Å². The predicted molar refractivity (Wildman–Crippen MR) is 90.6 cm³/mol. The third kappa shape index (κ3) is 14.7. The summed E-state index contributed by atoms with van der Waals surface area (Å²) in [6.45, 7) is 2.22. The number of unbranched alkanes of at least 4 members (excludes halogenated alkanes) is 6. The molecule has 0 spiro atoms. The second-order valence-corrected chi connectivity index (χ2v) is 6.16. The van der Waals surface area contributed by atoms with E-state index in [-0.39, 0.29) is 56.9 Å². The Morgan fingerprint density at radius 3 is 2.21 bits per heavy atom.